The van der Waals surface area contributed by atoms with Crippen LogP contribution in [-0.2, 0) is 0 Å². The largest absolute Gasteiger partial charge is 0.136 e. The zero-order valence-electron chi connectivity index (χ0n) is 7.32. The lowest BCUT2D eigenvalue weighted by Gasteiger charge is -2.08. The molecule has 0 N–H and O–H groups in total. The Hall–Kier alpha value is 0.01000. The van der Waals surface area contributed by atoms with Gasteiger partial charge in [0.1, 0.15) is 0 Å². The molecule has 2 rings (SSSR count). The molecule has 1 aromatic carbocycles. The number of benzene rings is 1. The maximum atomic E-state index is 5.30. The number of hydrogen-bond acceptors (Lipinski definition) is 3. The van der Waals surface area contributed by atoms with E-state index < -0.39 is 0 Å². The Kier molecular flexibility index (Phi) is 2.96. The lowest BCUT2D eigenvalue weighted by atomic mass is 10.1. The predicted octanol–water partition coefficient (Wildman–Crippen LogP) is 3.80. The molecule has 0 spiro atoms. The fourth-order valence-corrected chi connectivity index (χ4v) is 4.51. The molecule has 68 valence electrons. The second-order valence-corrected chi connectivity index (χ2v) is 6.21. The van der Waals surface area contributed by atoms with Crippen molar-refractivity contribution in [2.24, 2.45) is 0 Å². The number of hydrogen-bond donors (Lipinski definition) is 0. The smallest absolute Gasteiger partial charge is 0.0717 e. The Morgan fingerprint density at radius 2 is 2.00 bits per heavy atom. The molecule has 0 bridgehead atoms. The molecule has 1 heterocycles. The topological polar surface area (TPSA) is 0 Å². The van der Waals surface area contributed by atoms with E-state index in [1.54, 1.807) is 11.8 Å². The average Bonchev–Trinajstić information content (AvgIpc) is 2.53. The van der Waals surface area contributed by atoms with Crippen molar-refractivity contribution < 1.29 is 0 Å². The number of rotatable bonds is 1. The molecule has 1 atom stereocenters. The molecule has 0 radical (unpaired) electrons. The Labute approximate surface area is 92.5 Å². The van der Waals surface area contributed by atoms with Gasteiger partial charge >= 0.3 is 0 Å². The highest BCUT2D eigenvalue weighted by molar-refractivity contribution is 8.34. The summed E-state index contributed by atoms with van der Waals surface area (Å²) in [5, 5.41) is 1.55. The van der Waals surface area contributed by atoms with E-state index in [4.69, 9.17) is 12.2 Å². The van der Waals surface area contributed by atoms with Crippen LogP contribution in [-0.4, -0.2) is 9.28 Å². The molecule has 1 aromatic rings. The van der Waals surface area contributed by atoms with Crippen LogP contribution < -0.4 is 0 Å². The van der Waals surface area contributed by atoms with Crippen LogP contribution in [0.4, 0.5) is 0 Å². The van der Waals surface area contributed by atoms with E-state index in [1.807, 2.05) is 11.8 Å². The van der Waals surface area contributed by atoms with Crippen LogP contribution in [0.15, 0.2) is 24.3 Å². The Morgan fingerprint density at radius 3 is 2.54 bits per heavy atom. The van der Waals surface area contributed by atoms with Crippen LogP contribution in [0.25, 0.3) is 0 Å². The summed E-state index contributed by atoms with van der Waals surface area (Å²) in [6.07, 6.45) is 0. The third-order valence-corrected chi connectivity index (χ3v) is 5.29. The normalized spacial score (nSPS) is 22.2. The molecular formula is C10H10S3. The third-order valence-electron chi connectivity index (χ3n) is 2.03. The summed E-state index contributed by atoms with van der Waals surface area (Å²) in [6, 6.07) is 8.68. The minimum atomic E-state index is 0.445. The molecule has 1 aliphatic rings. The molecule has 0 aliphatic carbocycles. The van der Waals surface area contributed by atoms with Gasteiger partial charge in [0.15, 0.2) is 0 Å². The Morgan fingerprint density at radius 1 is 1.31 bits per heavy atom. The summed E-state index contributed by atoms with van der Waals surface area (Å²) in [7, 11) is 0. The number of aryl methyl sites for hydroxylation is 1. The molecular weight excluding hydrogens is 216 g/mol. The van der Waals surface area contributed by atoms with Crippen molar-refractivity contribution in [2.75, 3.05) is 5.08 Å². The molecule has 1 unspecified atom stereocenters. The first-order chi connectivity index (χ1) is 6.27. The van der Waals surface area contributed by atoms with Crippen molar-refractivity contribution in [3.8, 4) is 0 Å². The van der Waals surface area contributed by atoms with Crippen LogP contribution >= 0.6 is 35.7 Å². The minimum Gasteiger partial charge on any atom is -0.136 e. The van der Waals surface area contributed by atoms with Gasteiger partial charge in [-0.1, -0.05) is 42.0 Å². The minimum absolute atomic E-state index is 0.445. The number of thiocarbonyl (C=S) groups is 1. The molecule has 0 saturated carbocycles. The molecule has 0 nitrogen and oxygen atoms in total. The van der Waals surface area contributed by atoms with E-state index in [2.05, 4.69) is 31.2 Å². The average molecular weight is 226 g/mol. The van der Waals surface area contributed by atoms with Crippen LogP contribution in [0.5, 0.6) is 0 Å². The maximum Gasteiger partial charge on any atom is 0.0717 e. The van der Waals surface area contributed by atoms with E-state index >= 15 is 0 Å². The van der Waals surface area contributed by atoms with Crippen LogP contribution in [0.1, 0.15) is 16.4 Å². The van der Waals surface area contributed by atoms with Crippen LogP contribution in [0.2, 0.25) is 0 Å². The molecule has 0 aromatic heterocycles. The molecule has 3 heteroatoms. The van der Waals surface area contributed by atoms with E-state index in [9.17, 15) is 0 Å². The fraction of sp³-hybridized carbons (Fsp3) is 0.300. The first kappa shape index (κ1) is 9.56. The highest BCUT2D eigenvalue weighted by Crippen LogP contribution is 2.43. The van der Waals surface area contributed by atoms with Gasteiger partial charge in [0, 0.05) is 5.08 Å². The van der Waals surface area contributed by atoms with Gasteiger partial charge in [-0.05, 0) is 12.5 Å². The molecule has 1 fully saturated rings. The van der Waals surface area contributed by atoms with Gasteiger partial charge < -0.3 is 0 Å². The summed E-state index contributed by atoms with van der Waals surface area (Å²) in [4.78, 5) is 0. The molecule has 1 aliphatic heterocycles. The second kappa shape index (κ2) is 4.03. The van der Waals surface area contributed by atoms with E-state index in [1.165, 1.54) is 11.1 Å². The van der Waals surface area contributed by atoms with E-state index in [-0.39, 0.29) is 0 Å². The zero-order valence-corrected chi connectivity index (χ0v) is 9.77. The van der Waals surface area contributed by atoms with Crippen molar-refractivity contribution in [1.29, 1.82) is 0 Å². The highest BCUT2D eigenvalue weighted by Gasteiger charge is 2.23. The maximum absolute atomic E-state index is 5.30. The van der Waals surface area contributed by atoms with Crippen LogP contribution in [0, 0.1) is 6.92 Å². The zero-order chi connectivity index (χ0) is 9.26. The quantitative estimate of drug-likeness (QED) is 0.669. The molecule has 0 amide bonds. The Bertz CT molecular complexity index is 315. The summed E-state index contributed by atoms with van der Waals surface area (Å²) < 4.78 is 1.13. The monoisotopic (exact) mass is 226 g/mol. The standard InChI is InChI=1S/C10H10S3/c1-7-2-4-8(5-3-7)9-10(11)13-6-12-9/h2-5,9H,6H2,1H3. The van der Waals surface area contributed by atoms with Crippen molar-refractivity contribution in [1.82, 2.24) is 0 Å². The summed E-state index contributed by atoms with van der Waals surface area (Å²) in [5.41, 5.74) is 2.66. The van der Waals surface area contributed by atoms with Gasteiger partial charge in [0.2, 0.25) is 0 Å². The predicted molar refractivity (Wildman–Crippen MR) is 66.6 cm³/mol. The lowest BCUT2D eigenvalue weighted by molar-refractivity contribution is 1.31. The van der Waals surface area contributed by atoms with Crippen molar-refractivity contribution in [3.63, 3.8) is 0 Å². The van der Waals surface area contributed by atoms with Crippen molar-refractivity contribution in [3.05, 3.63) is 35.4 Å². The molecule has 1 saturated heterocycles. The SMILES string of the molecule is Cc1ccc(C2SCSC2=S)cc1. The van der Waals surface area contributed by atoms with Gasteiger partial charge in [0.25, 0.3) is 0 Å². The van der Waals surface area contributed by atoms with Gasteiger partial charge in [-0.3, -0.25) is 0 Å². The van der Waals surface area contributed by atoms with Gasteiger partial charge in [0.05, 0.1) is 9.45 Å². The van der Waals surface area contributed by atoms with Crippen molar-refractivity contribution >= 4 is 39.9 Å². The number of thioether (sulfide) groups is 2. The second-order valence-electron chi connectivity index (χ2n) is 3.04. The van der Waals surface area contributed by atoms with E-state index in [0.29, 0.717) is 5.25 Å². The van der Waals surface area contributed by atoms with Crippen molar-refractivity contribution in [2.45, 2.75) is 12.2 Å². The third kappa shape index (κ3) is 2.09. The van der Waals surface area contributed by atoms with Gasteiger partial charge in [-0.2, -0.15) is 0 Å². The highest BCUT2D eigenvalue weighted by atomic mass is 32.2. The first-order valence-corrected chi connectivity index (χ1v) is 6.56. The first-order valence-electron chi connectivity index (χ1n) is 4.12. The van der Waals surface area contributed by atoms with Gasteiger partial charge in [-0.15, -0.1) is 23.5 Å². The van der Waals surface area contributed by atoms with E-state index in [0.717, 1.165) is 9.28 Å². The van der Waals surface area contributed by atoms with Gasteiger partial charge in [-0.25, -0.2) is 0 Å². The van der Waals surface area contributed by atoms with Crippen LogP contribution in [0.3, 0.4) is 0 Å². The Balaban J connectivity index is 2.25. The summed E-state index contributed by atoms with van der Waals surface area (Å²) >= 11 is 9.03. The lowest BCUT2D eigenvalue weighted by Crippen LogP contribution is -1.96. The summed E-state index contributed by atoms with van der Waals surface area (Å²) in [5.74, 6) is 0. The fourth-order valence-electron chi connectivity index (χ4n) is 1.28. The molecule has 13 heavy (non-hydrogen) atoms. The summed E-state index contributed by atoms with van der Waals surface area (Å²) in [6.45, 7) is 2.11.